The molecule has 1 aliphatic heterocycles. The van der Waals surface area contributed by atoms with Crippen LogP contribution in [0.3, 0.4) is 0 Å². The van der Waals surface area contributed by atoms with Gasteiger partial charge in [0, 0.05) is 71.8 Å². The molecule has 53 heavy (non-hydrogen) atoms. The lowest BCUT2D eigenvalue weighted by molar-refractivity contribution is 0.593. The van der Waals surface area contributed by atoms with E-state index in [9.17, 15) is 0 Å². The van der Waals surface area contributed by atoms with Crippen molar-refractivity contribution in [1.82, 2.24) is 4.57 Å². The Bertz CT molecular complexity index is 3090. The van der Waals surface area contributed by atoms with Gasteiger partial charge in [-0.05, 0) is 72.3 Å². The van der Waals surface area contributed by atoms with E-state index in [1.54, 1.807) is 0 Å². The standard InChI is InChI=1S/C48H31N2O2P/c51-53(36-15-5-2-6-16-36)45-22-12-9-19-41(45)47-46(53)30-29-40-37-17-7-10-20-42(37)50(48(40)47)34-25-23-33(24-26-34)49(32-13-3-1-4-14-32)35-27-28-39-38-18-8-11-21-43(38)52-44(39)31-35/h1-31H. The number of benzene rings is 8. The maximum absolute atomic E-state index is 15.5. The molecule has 0 saturated carbocycles. The van der Waals surface area contributed by atoms with E-state index in [0.717, 1.165) is 88.1 Å². The predicted molar refractivity (Wildman–Crippen MR) is 221 cm³/mol. The second-order valence-electron chi connectivity index (χ2n) is 13.6. The lowest BCUT2D eigenvalue weighted by atomic mass is 10.0. The molecular formula is C48H31N2O2P. The van der Waals surface area contributed by atoms with E-state index in [4.69, 9.17) is 4.42 Å². The maximum Gasteiger partial charge on any atom is 0.172 e. The fourth-order valence-corrected chi connectivity index (χ4v) is 11.5. The van der Waals surface area contributed by atoms with Crippen molar-refractivity contribution in [3.63, 3.8) is 0 Å². The Morgan fingerprint density at radius 2 is 1.09 bits per heavy atom. The van der Waals surface area contributed by atoms with Gasteiger partial charge in [0.05, 0.1) is 11.0 Å². The lowest BCUT2D eigenvalue weighted by Gasteiger charge is -2.25. The van der Waals surface area contributed by atoms with E-state index >= 15 is 4.57 Å². The van der Waals surface area contributed by atoms with Crippen LogP contribution >= 0.6 is 7.14 Å². The van der Waals surface area contributed by atoms with E-state index < -0.39 is 7.14 Å². The highest BCUT2D eigenvalue weighted by Gasteiger charge is 2.41. The topological polar surface area (TPSA) is 38.4 Å². The summed E-state index contributed by atoms with van der Waals surface area (Å²) in [5.41, 5.74) is 10.1. The second kappa shape index (κ2) is 11.4. The molecule has 3 heterocycles. The van der Waals surface area contributed by atoms with Gasteiger partial charge < -0.3 is 18.4 Å². The van der Waals surface area contributed by atoms with Gasteiger partial charge >= 0.3 is 0 Å². The zero-order valence-corrected chi connectivity index (χ0v) is 29.5. The molecule has 10 aromatic rings. The maximum atomic E-state index is 15.5. The summed E-state index contributed by atoms with van der Waals surface area (Å²) in [7, 11) is -3.11. The monoisotopic (exact) mass is 698 g/mol. The van der Waals surface area contributed by atoms with Gasteiger partial charge in [0.15, 0.2) is 7.14 Å². The number of aromatic nitrogens is 1. The van der Waals surface area contributed by atoms with Crippen molar-refractivity contribution >= 4 is 83.9 Å². The summed E-state index contributed by atoms with van der Waals surface area (Å²) in [5, 5.41) is 7.19. The molecule has 0 fully saturated rings. The van der Waals surface area contributed by atoms with Gasteiger partial charge in [-0.1, -0.05) is 115 Å². The summed E-state index contributed by atoms with van der Waals surface area (Å²) in [5.74, 6) is 0. The molecule has 0 spiro atoms. The minimum absolute atomic E-state index is 0.855. The van der Waals surface area contributed by atoms with Crippen LogP contribution in [-0.4, -0.2) is 4.57 Å². The average Bonchev–Trinajstić information content (AvgIpc) is 3.85. The fourth-order valence-electron chi connectivity index (χ4n) is 8.48. The minimum atomic E-state index is -3.11. The number of hydrogen-bond acceptors (Lipinski definition) is 3. The van der Waals surface area contributed by atoms with Crippen LogP contribution in [0.1, 0.15) is 0 Å². The summed E-state index contributed by atoms with van der Waals surface area (Å²) < 4.78 is 24.1. The Balaban J connectivity index is 1.12. The molecule has 4 nitrogen and oxygen atoms in total. The van der Waals surface area contributed by atoms with Crippen LogP contribution in [-0.2, 0) is 4.57 Å². The summed E-state index contributed by atoms with van der Waals surface area (Å²) in [6.07, 6.45) is 0. The largest absolute Gasteiger partial charge is 0.456 e. The number of rotatable bonds is 5. The molecule has 2 aromatic heterocycles. The second-order valence-corrected chi connectivity index (χ2v) is 16.3. The zero-order valence-electron chi connectivity index (χ0n) is 28.6. The summed E-state index contributed by atoms with van der Waals surface area (Å²) >= 11 is 0. The number of nitrogens with zero attached hydrogens (tertiary/aromatic N) is 2. The first kappa shape index (κ1) is 30.1. The van der Waals surface area contributed by atoms with Crippen LogP contribution in [0, 0.1) is 0 Å². The third kappa shape index (κ3) is 4.34. The summed E-state index contributed by atoms with van der Waals surface area (Å²) in [4.78, 5) is 2.27. The Morgan fingerprint density at radius 3 is 1.92 bits per heavy atom. The number of para-hydroxylation sites is 3. The third-order valence-corrected chi connectivity index (χ3v) is 13.9. The van der Waals surface area contributed by atoms with Gasteiger partial charge in [-0.15, -0.1) is 0 Å². The Kier molecular flexibility index (Phi) is 6.49. The molecule has 0 N–H and O–H groups in total. The van der Waals surface area contributed by atoms with E-state index in [-0.39, 0.29) is 0 Å². The van der Waals surface area contributed by atoms with E-state index in [1.165, 1.54) is 5.39 Å². The highest BCUT2D eigenvalue weighted by Crippen LogP contribution is 2.55. The molecule has 1 aliphatic rings. The predicted octanol–water partition coefficient (Wildman–Crippen LogP) is 11.8. The fraction of sp³-hybridized carbons (Fsp3) is 0. The number of hydrogen-bond donors (Lipinski definition) is 0. The number of furan rings is 1. The Hall–Kier alpha value is -6.61. The molecule has 5 heteroatoms. The lowest BCUT2D eigenvalue weighted by Crippen LogP contribution is -2.20. The Labute approximate surface area is 306 Å². The average molecular weight is 699 g/mol. The molecule has 0 amide bonds. The SMILES string of the molecule is O=P1(c2ccccc2)c2ccccc2-c2c1ccc1c3ccccc3n(-c3ccc(N(c4ccccc4)c4ccc5c(c4)oc4ccccc45)cc3)c21. The molecule has 1 atom stereocenters. The molecule has 0 aliphatic carbocycles. The van der Waals surface area contributed by atoms with Crippen molar-refractivity contribution in [2.75, 3.05) is 4.90 Å². The van der Waals surface area contributed by atoms with Crippen LogP contribution in [0.4, 0.5) is 17.1 Å². The molecule has 1 unspecified atom stereocenters. The van der Waals surface area contributed by atoms with Crippen molar-refractivity contribution < 1.29 is 8.98 Å². The van der Waals surface area contributed by atoms with Crippen molar-refractivity contribution in [3.05, 3.63) is 188 Å². The molecule has 250 valence electrons. The minimum Gasteiger partial charge on any atom is -0.456 e. The van der Waals surface area contributed by atoms with Gasteiger partial charge in [-0.25, -0.2) is 0 Å². The zero-order chi connectivity index (χ0) is 35.1. The first-order valence-electron chi connectivity index (χ1n) is 17.9. The molecule has 8 aromatic carbocycles. The Morgan fingerprint density at radius 1 is 0.472 bits per heavy atom. The van der Waals surface area contributed by atoms with Crippen LogP contribution < -0.4 is 20.8 Å². The smallest absolute Gasteiger partial charge is 0.172 e. The van der Waals surface area contributed by atoms with Crippen molar-refractivity contribution in [2.45, 2.75) is 0 Å². The van der Waals surface area contributed by atoms with Gasteiger partial charge in [-0.3, -0.25) is 0 Å². The molecule has 0 saturated heterocycles. The highest BCUT2D eigenvalue weighted by molar-refractivity contribution is 7.86. The molecule has 11 rings (SSSR count). The van der Waals surface area contributed by atoms with E-state index in [0.29, 0.717) is 0 Å². The van der Waals surface area contributed by atoms with Gasteiger partial charge in [-0.2, -0.15) is 0 Å². The summed E-state index contributed by atoms with van der Waals surface area (Å²) in [6.45, 7) is 0. The molecular weight excluding hydrogens is 668 g/mol. The van der Waals surface area contributed by atoms with Crippen molar-refractivity contribution in [2.24, 2.45) is 0 Å². The van der Waals surface area contributed by atoms with Crippen LogP contribution in [0.15, 0.2) is 192 Å². The third-order valence-electron chi connectivity index (χ3n) is 10.8. The normalized spacial score (nSPS) is 14.9. The van der Waals surface area contributed by atoms with Gasteiger partial charge in [0.25, 0.3) is 0 Å². The van der Waals surface area contributed by atoms with Crippen molar-refractivity contribution in [3.8, 4) is 16.8 Å². The van der Waals surface area contributed by atoms with E-state index in [1.807, 2.05) is 54.6 Å². The quantitative estimate of drug-likeness (QED) is 0.168. The van der Waals surface area contributed by atoms with Crippen molar-refractivity contribution in [1.29, 1.82) is 0 Å². The summed E-state index contributed by atoms with van der Waals surface area (Å²) in [6, 6.07) is 65.0. The van der Waals surface area contributed by atoms with Gasteiger partial charge in [0.2, 0.25) is 0 Å². The van der Waals surface area contributed by atoms with Crippen LogP contribution in [0.25, 0.3) is 60.6 Å². The molecule has 0 bridgehead atoms. The van der Waals surface area contributed by atoms with Crippen LogP contribution in [0.2, 0.25) is 0 Å². The molecule has 0 radical (unpaired) electrons. The van der Waals surface area contributed by atoms with Gasteiger partial charge in [0.1, 0.15) is 11.2 Å². The van der Waals surface area contributed by atoms with Crippen LogP contribution in [0.5, 0.6) is 0 Å². The highest BCUT2D eigenvalue weighted by atomic mass is 31.2. The number of anilines is 3. The first-order valence-corrected chi connectivity index (χ1v) is 19.6. The number of fused-ring (bicyclic) bond motifs is 10. The first-order chi connectivity index (χ1) is 26.2. The van der Waals surface area contributed by atoms with E-state index in [2.05, 4.69) is 143 Å².